The molecular weight excluding hydrogens is 316 g/mol. The third-order valence-electron chi connectivity index (χ3n) is 3.63. The number of hydrogen-bond donors (Lipinski definition) is 2. The number of carbonyl (C=O) groups excluding carboxylic acids is 2. The summed E-state index contributed by atoms with van der Waals surface area (Å²) in [6.45, 7) is 1.92. The van der Waals surface area contributed by atoms with Crippen molar-refractivity contribution in [2.45, 2.75) is 13.0 Å². The van der Waals surface area contributed by atoms with Crippen molar-refractivity contribution in [3.63, 3.8) is 0 Å². The van der Waals surface area contributed by atoms with Gasteiger partial charge in [0.1, 0.15) is 0 Å². The third kappa shape index (κ3) is 6.35. The zero-order valence-corrected chi connectivity index (χ0v) is 14.7. The van der Waals surface area contributed by atoms with Crippen LogP contribution in [-0.4, -0.2) is 48.9 Å². The van der Waals surface area contributed by atoms with Crippen molar-refractivity contribution in [3.05, 3.63) is 65.5 Å². The Balaban J connectivity index is 1.88. The number of benzene rings is 1. The maximum atomic E-state index is 12.3. The summed E-state index contributed by atoms with van der Waals surface area (Å²) in [7, 11) is 3.99. The topological polar surface area (TPSA) is 74.3 Å². The molecule has 2 amide bonds. The third-order valence-corrected chi connectivity index (χ3v) is 3.63. The van der Waals surface area contributed by atoms with Gasteiger partial charge in [-0.2, -0.15) is 0 Å². The summed E-state index contributed by atoms with van der Waals surface area (Å²) in [5, 5.41) is 5.70. The SMILES string of the molecule is CN(C)CCCNC(=O)c1cccc(C(=O)NCc2cccnc2)c1. The molecule has 0 spiro atoms. The molecule has 0 radical (unpaired) electrons. The number of carbonyl (C=O) groups is 2. The summed E-state index contributed by atoms with van der Waals surface area (Å²) >= 11 is 0. The van der Waals surface area contributed by atoms with Crippen molar-refractivity contribution in [2.24, 2.45) is 0 Å². The minimum Gasteiger partial charge on any atom is -0.352 e. The summed E-state index contributed by atoms with van der Waals surface area (Å²) < 4.78 is 0. The van der Waals surface area contributed by atoms with E-state index >= 15 is 0 Å². The summed E-state index contributed by atoms with van der Waals surface area (Å²) in [4.78, 5) is 30.5. The van der Waals surface area contributed by atoms with Crippen LogP contribution in [-0.2, 0) is 6.54 Å². The van der Waals surface area contributed by atoms with E-state index < -0.39 is 0 Å². The van der Waals surface area contributed by atoms with Gasteiger partial charge in [0.15, 0.2) is 0 Å². The average molecular weight is 340 g/mol. The Morgan fingerprint density at radius 2 is 1.76 bits per heavy atom. The Morgan fingerprint density at radius 3 is 2.40 bits per heavy atom. The van der Waals surface area contributed by atoms with Crippen molar-refractivity contribution in [3.8, 4) is 0 Å². The van der Waals surface area contributed by atoms with Crippen molar-refractivity contribution in [2.75, 3.05) is 27.2 Å². The molecule has 0 saturated carbocycles. The number of hydrogen-bond acceptors (Lipinski definition) is 4. The van der Waals surface area contributed by atoms with Crippen LogP contribution in [0.25, 0.3) is 0 Å². The highest BCUT2D eigenvalue weighted by atomic mass is 16.2. The normalized spacial score (nSPS) is 10.5. The molecule has 0 bridgehead atoms. The fourth-order valence-corrected chi connectivity index (χ4v) is 2.29. The first kappa shape index (κ1) is 18.6. The van der Waals surface area contributed by atoms with Crippen LogP contribution < -0.4 is 10.6 Å². The van der Waals surface area contributed by atoms with Crippen molar-refractivity contribution >= 4 is 11.8 Å². The van der Waals surface area contributed by atoms with Crippen molar-refractivity contribution in [1.29, 1.82) is 0 Å². The molecule has 1 aromatic heterocycles. The number of nitrogens with one attached hydrogen (secondary N) is 2. The summed E-state index contributed by atoms with van der Waals surface area (Å²) in [5.74, 6) is -0.383. The summed E-state index contributed by atoms with van der Waals surface area (Å²) in [5.41, 5.74) is 1.87. The summed E-state index contributed by atoms with van der Waals surface area (Å²) in [6, 6.07) is 10.4. The number of amides is 2. The lowest BCUT2D eigenvalue weighted by Gasteiger charge is -2.10. The predicted molar refractivity (Wildman–Crippen MR) is 97.4 cm³/mol. The van der Waals surface area contributed by atoms with Gasteiger partial charge in [0.2, 0.25) is 0 Å². The number of rotatable bonds is 8. The minimum atomic E-state index is -0.217. The highest BCUT2D eigenvalue weighted by Crippen LogP contribution is 2.06. The fraction of sp³-hybridized carbons (Fsp3) is 0.316. The molecular formula is C19H24N4O2. The summed E-state index contributed by atoms with van der Waals surface area (Å²) in [6.07, 6.45) is 4.27. The van der Waals surface area contributed by atoms with E-state index in [9.17, 15) is 9.59 Å². The van der Waals surface area contributed by atoms with Gasteiger partial charge in [0.05, 0.1) is 0 Å². The zero-order chi connectivity index (χ0) is 18.1. The van der Waals surface area contributed by atoms with E-state index in [1.54, 1.807) is 36.7 Å². The van der Waals surface area contributed by atoms with Crippen LogP contribution in [0.1, 0.15) is 32.7 Å². The number of nitrogens with zero attached hydrogens (tertiary/aromatic N) is 2. The van der Waals surface area contributed by atoms with E-state index in [-0.39, 0.29) is 11.8 Å². The molecule has 0 atom stereocenters. The molecule has 6 heteroatoms. The lowest BCUT2D eigenvalue weighted by molar-refractivity contribution is 0.0950. The monoisotopic (exact) mass is 340 g/mol. The van der Waals surface area contributed by atoms with Gasteiger partial charge >= 0.3 is 0 Å². The van der Waals surface area contributed by atoms with Gasteiger partial charge in [0, 0.05) is 36.6 Å². The van der Waals surface area contributed by atoms with Gasteiger partial charge in [-0.25, -0.2) is 0 Å². The Bertz CT molecular complexity index is 702. The second-order valence-electron chi connectivity index (χ2n) is 6.04. The molecule has 25 heavy (non-hydrogen) atoms. The molecule has 6 nitrogen and oxygen atoms in total. The highest BCUT2D eigenvalue weighted by molar-refractivity contribution is 5.99. The lowest BCUT2D eigenvalue weighted by atomic mass is 10.1. The molecule has 132 valence electrons. The zero-order valence-electron chi connectivity index (χ0n) is 14.7. The smallest absolute Gasteiger partial charge is 0.251 e. The first-order valence-electron chi connectivity index (χ1n) is 8.26. The number of pyridine rings is 1. The predicted octanol–water partition coefficient (Wildman–Crippen LogP) is 1.69. The van der Waals surface area contributed by atoms with E-state index in [4.69, 9.17) is 0 Å². The van der Waals surface area contributed by atoms with Crippen LogP contribution in [0.15, 0.2) is 48.8 Å². The van der Waals surface area contributed by atoms with E-state index in [0.29, 0.717) is 24.2 Å². The quantitative estimate of drug-likeness (QED) is 0.717. The molecule has 1 heterocycles. The van der Waals surface area contributed by atoms with Crippen molar-refractivity contribution in [1.82, 2.24) is 20.5 Å². The van der Waals surface area contributed by atoms with E-state index in [1.807, 2.05) is 26.2 Å². The van der Waals surface area contributed by atoms with E-state index in [0.717, 1.165) is 18.5 Å². The Hall–Kier alpha value is -2.73. The van der Waals surface area contributed by atoms with Crippen LogP contribution >= 0.6 is 0 Å². The molecule has 2 N–H and O–H groups in total. The molecule has 2 aromatic rings. The second-order valence-corrected chi connectivity index (χ2v) is 6.04. The van der Waals surface area contributed by atoms with Crippen LogP contribution in [0.3, 0.4) is 0 Å². The first-order chi connectivity index (χ1) is 12.1. The Morgan fingerprint density at radius 1 is 1.04 bits per heavy atom. The standard InChI is InChI=1S/C19H24N4O2/c1-23(2)11-5-10-21-18(24)16-7-3-8-17(12-16)19(25)22-14-15-6-4-9-20-13-15/h3-4,6-9,12-13H,5,10-11,14H2,1-2H3,(H,21,24)(H,22,25). The maximum absolute atomic E-state index is 12.3. The maximum Gasteiger partial charge on any atom is 0.251 e. The van der Waals surface area contributed by atoms with Crippen LogP contribution in [0.4, 0.5) is 0 Å². The Labute approximate surface area is 148 Å². The van der Waals surface area contributed by atoms with E-state index in [2.05, 4.69) is 20.5 Å². The Kier molecular flexibility index (Phi) is 7.10. The van der Waals surface area contributed by atoms with Gasteiger partial charge in [-0.1, -0.05) is 12.1 Å². The average Bonchev–Trinajstić information content (AvgIpc) is 2.64. The molecule has 0 aliphatic heterocycles. The van der Waals surface area contributed by atoms with Gasteiger partial charge in [-0.15, -0.1) is 0 Å². The fourth-order valence-electron chi connectivity index (χ4n) is 2.29. The van der Waals surface area contributed by atoms with Gasteiger partial charge in [-0.3, -0.25) is 14.6 Å². The largest absolute Gasteiger partial charge is 0.352 e. The number of aromatic nitrogens is 1. The molecule has 2 rings (SSSR count). The van der Waals surface area contributed by atoms with E-state index in [1.165, 1.54) is 0 Å². The first-order valence-corrected chi connectivity index (χ1v) is 8.26. The van der Waals surface area contributed by atoms with Gasteiger partial charge in [-0.05, 0) is 56.9 Å². The minimum absolute atomic E-state index is 0.166. The van der Waals surface area contributed by atoms with Gasteiger partial charge < -0.3 is 15.5 Å². The van der Waals surface area contributed by atoms with Crippen LogP contribution in [0, 0.1) is 0 Å². The molecule has 0 saturated heterocycles. The molecule has 0 aliphatic carbocycles. The van der Waals surface area contributed by atoms with Crippen LogP contribution in [0.5, 0.6) is 0 Å². The molecule has 1 aromatic carbocycles. The molecule has 0 aliphatic rings. The lowest BCUT2D eigenvalue weighted by Crippen LogP contribution is -2.28. The van der Waals surface area contributed by atoms with Crippen molar-refractivity contribution < 1.29 is 9.59 Å². The highest BCUT2D eigenvalue weighted by Gasteiger charge is 2.10. The molecule has 0 unspecified atom stereocenters. The molecule has 0 fully saturated rings. The van der Waals surface area contributed by atoms with Gasteiger partial charge in [0.25, 0.3) is 11.8 Å². The van der Waals surface area contributed by atoms with Crippen LogP contribution in [0.2, 0.25) is 0 Å². The second kappa shape index (κ2) is 9.54.